The summed E-state index contributed by atoms with van der Waals surface area (Å²) >= 11 is 0. The Morgan fingerprint density at radius 3 is 0.630 bits per heavy atom. The van der Waals surface area contributed by atoms with E-state index in [1.165, 1.54) is 0 Å². The van der Waals surface area contributed by atoms with Crippen LogP contribution in [0.1, 0.15) is 41.4 Å². The van der Waals surface area contributed by atoms with E-state index in [-0.39, 0.29) is 86.5 Å². The molecule has 0 atom stereocenters. The van der Waals surface area contributed by atoms with Crippen molar-refractivity contribution in [3.63, 3.8) is 0 Å². The number of carbonyl (C=O) groups excluding carboxylic acids is 4. The third kappa shape index (κ3) is 10.4. The van der Waals surface area contributed by atoms with Gasteiger partial charge < -0.3 is 39.6 Å². The van der Waals surface area contributed by atoms with Gasteiger partial charge in [0.2, 0.25) is 0 Å². The first-order valence-corrected chi connectivity index (χ1v) is 6.28. The Hall–Kier alpha value is -1.58. The van der Waals surface area contributed by atoms with Gasteiger partial charge in [-0.05, 0) is 22.3 Å². The Morgan fingerprint density at radius 2 is 0.556 bits per heavy atom. The molecule has 0 amide bonds. The van der Waals surface area contributed by atoms with E-state index in [1.807, 2.05) is 0 Å². The van der Waals surface area contributed by atoms with Gasteiger partial charge in [0, 0.05) is 0 Å². The standard InChI is InChI=1S/2C8H6O4.2Ag.Zn/c2*9-7(10)5-1-2-6(4-3-5)8(11)12;;;/h2*1-4H,(H,9,10)(H,11,12);;;/q;;2*+1;+2/p-4. The van der Waals surface area contributed by atoms with Crippen molar-refractivity contribution < 1.29 is 104 Å². The summed E-state index contributed by atoms with van der Waals surface area (Å²) in [6.45, 7) is 0. The maximum Gasteiger partial charge on any atom is 2.00 e. The van der Waals surface area contributed by atoms with Crippen molar-refractivity contribution in [2.75, 3.05) is 0 Å². The second-order valence-corrected chi connectivity index (χ2v) is 4.30. The van der Waals surface area contributed by atoms with E-state index in [0.29, 0.717) is 0 Å². The van der Waals surface area contributed by atoms with Crippen LogP contribution < -0.4 is 20.4 Å². The molecule has 0 N–H and O–H groups in total. The summed E-state index contributed by atoms with van der Waals surface area (Å²) in [4.78, 5) is 40.8. The number of carboxylic acid groups (broad SMARTS) is 4. The predicted molar refractivity (Wildman–Crippen MR) is 70.2 cm³/mol. The molecule has 0 unspecified atom stereocenters. The molecule has 0 spiro atoms. The van der Waals surface area contributed by atoms with Crippen molar-refractivity contribution in [3.05, 3.63) is 70.8 Å². The largest absolute Gasteiger partial charge is 2.00 e. The normalized spacial score (nSPS) is 8.30. The van der Waals surface area contributed by atoms with Gasteiger partial charge in [0.05, 0.1) is 23.9 Å². The molecule has 0 aliphatic carbocycles. The number of hydrogen-bond acceptors (Lipinski definition) is 8. The van der Waals surface area contributed by atoms with Gasteiger partial charge in [0.25, 0.3) is 0 Å². The topological polar surface area (TPSA) is 161 Å². The Balaban J connectivity index is -0.000000384. The van der Waals surface area contributed by atoms with E-state index in [0.717, 1.165) is 48.5 Å². The van der Waals surface area contributed by atoms with Crippen LogP contribution in [0.5, 0.6) is 0 Å². The van der Waals surface area contributed by atoms with Crippen molar-refractivity contribution in [3.8, 4) is 0 Å². The monoisotopic (exact) mass is 606 g/mol. The van der Waals surface area contributed by atoms with E-state index in [2.05, 4.69) is 0 Å². The third-order valence-electron chi connectivity index (χ3n) is 2.71. The van der Waals surface area contributed by atoms with Crippen molar-refractivity contribution >= 4 is 23.9 Å². The molecule has 0 saturated heterocycles. The molecule has 0 saturated carbocycles. The SMILES string of the molecule is O=C([O-])c1ccc(C(=O)[O-])cc1.O=C([O-])c1ccc(C(=O)[O-])cc1.[Ag+].[Ag+].[Zn+2]. The summed E-state index contributed by atoms with van der Waals surface area (Å²) in [5.41, 5.74) is -0.222. The van der Waals surface area contributed by atoms with Gasteiger partial charge in [-0.3, -0.25) is 0 Å². The molecule has 144 valence electrons. The van der Waals surface area contributed by atoms with Gasteiger partial charge in [-0.2, -0.15) is 0 Å². The Kier molecular flexibility index (Phi) is 16.2. The predicted octanol–water partition coefficient (Wildman–Crippen LogP) is -3.18. The van der Waals surface area contributed by atoms with E-state index in [4.69, 9.17) is 0 Å². The van der Waals surface area contributed by atoms with Gasteiger partial charge in [-0.15, -0.1) is 0 Å². The van der Waals surface area contributed by atoms with E-state index in [1.54, 1.807) is 0 Å². The van der Waals surface area contributed by atoms with Crippen LogP contribution in [0.3, 0.4) is 0 Å². The average Bonchev–Trinajstić information content (AvgIpc) is 2.55. The molecule has 8 nitrogen and oxygen atoms in total. The molecule has 0 radical (unpaired) electrons. The molecule has 27 heavy (non-hydrogen) atoms. The second-order valence-electron chi connectivity index (χ2n) is 4.30. The molecule has 0 bridgehead atoms. The molecule has 0 aliphatic heterocycles. The minimum atomic E-state index is -1.33. The van der Waals surface area contributed by atoms with Gasteiger partial charge >= 0.3 is 64.2 Å². The molecule has 0 aliphatic rings. The van der Waals surface area contributed by atoms with Crippen LogP contribution in [0.25, 0.3) is 0 Å². The first kappa shape index (κ1) is 30.2. The van der Waals surface area contributed by atoms with Crippen LogP contribution in [0.2, 0.25) is 0 Å². The quantitative estimate of drug-likeness (QED) is 0.328. The van der Waals surface area contributed by atoms with E-state index < -0.39 is 23.9 Å². The number of hydrogen-bond donors (Lipinski definition) is 0. The molecule has 0 heterocycles. The van der Waals surface area contributed by atoms with Gasteiger partial charge in [0.1, 0.15) is 0 Å². The van der Waals surface area contributed by atoms with Crippen molar-refractivity contribution in [2.45, 2.75) is 0 Å². The zero-order chi connectivity index (χ0) is 18.3. The number of carbonyl (C=O) groups is 4. The second kappa shape index (κ2) is 14.5. The summed E-state index contributed by atoms with van der Waals surface area (Å²) in [6, 6.07) is 9.23. The fourth-order valence-corrected chi connectivity index (χ4v) is 1.48. The zero-order valence-corrected chi connectivity index (χ0v) is 19.1. The van der Waals surface area contributed by atoms with Crippen molar-refractivity contribution in [1.29, 1.82) is 0 Å². The first-order chi connectivity index (χ1) is 11.2. The van der Waals surface area contributed by atoms with Crippen LogP contribution >= 0.6 is 0 Å². The molecule has 2 rings (SSSR count). The summed E-state index contributed by atoms with van der Waals surface area (Å²) < 4.78 is 0. The summed E-state index contributed by atoms with van der Waals surface area (Å²) in [5.74, 6) is -5.33. The fraction of sp³-hybridized carbons (Fsp3) is 0. The Morgan fingerprint density at radius 1 is 0.444 bits per heavy atom. The number of benzene rings is 2. The molecule has 0 aromatic heterocycles. The van der Waals surface area contributed by atoms with Crippen LogP contribution in [-0.2, 0) is 64.2 Å². The van der Waals surface area contributed by atoms with Gasteiger partial charge in [0.15, 0.2) is 0 Å². The van der Waals surface area contributed by atoms with Crippen LogP contribution in [0.4, 0.5) is 0 Å². The number of carboxylic acids is 4. The third-order valence-corrected chi connectivity index (χ3v) is 2.71. The fourth-order valence-electron chi connectivity index (χ4n) is 1.48. The number of rotatable bonds is 4. The van der Waals surface area contributed by atoms with Gasteiger partial charge in [-0.1, -0.05) is 48.5 Å². The Bertz CT molecular complexity index is 643. The van der Waals surface area contributed by atoms with Gasteiger partial charge in [-0.25, -0.2) is 0 Å². The van der Waals surface area contributed by atoms with Crippen molar-refractivity contribution in [2.24, 2.45) is 0 Å². The average molecular weight is 609 g/mol. The minimum Gasteiger partial charge on any atom is -0.545 e. The van der Waals surface area contributed by atoms with E-state index in [9.17, 15) is 39.6 Å². The summed E-state index contributed by atoms with van der Waals surface area (Å²) in [6.07, 6.45) is 0. The molecular formula is C16H8Ag2O8Zn. The molecular weight excluding hydrogens is 601 g/mol. The minimum absolute atomic E-state index is 0. The maximum absolute atomic E-state index is 10.2. The zero-order valence-electron chi connectivity index (χ0n) is 13.2. The maximum atomic E-state index is 10.2. The molecule has 2 aromatic rings. The number of aromatic carboxylic acids is 4. The van der Waals surface area contributed by atoms with Crippen molar-refractivity contribution in [1.82, 2.24) is 0 Å². The summed E-state index contributed by atoms with van der Waals surface area (Å²) in [5, 5.41) is 40.8. The van der Waals surface area contributed by atoms with E-state index >= 15 is 0 Å². The smallest absolute Gasteiger partial charge is 0.545 e. The summed E-state index contributed by atoms with van der Waals surface area (Å²) in [7, 11) is 0. The van der Waals surface area contributed by atoms with Crippen LogP contribution in [0, 0.1) is 0 Å². The van der Waals surface area contributed by atoms with Crippen LogP contribution in [0.15, 0.2) is 48.5 Å². The van der Waals surface area contributed by atoms with Crippen LogP contribution in [-0.4, -0.2) is 23.9 Å². The molecule has 0 fully saturated rings. The first-order valence-electron chi connectivity index (χ1n) is 6.28. The Labute approximate surface area is 197 Å². The molecule has 11 heteroatoms. The molecule has 2 aromatic carbocycles.